The van der Waals surface area contributed by atoms with E-state index in [-0.39, 0.29) is 31.4 Å². The van der Waals surface area contributed by atoms with Gasteiger partial charge in [0.2, 0.25) is 26.0 Å². The van der Waals surface area contributed by atoms with Crippen LogP contribution >= 0.6 is 23.2 Å². The average Bonchev–Trinajstić information content (AvgIpc) is 3.86. The number of benzene rings is 3. The van der Waals surface area contributed by atoms with Gasteiger partial charge in [0.15, 0.2) is 0 Å². The molecule has 2 N–H and O–H groups in total. The zero-order valence-corrected chi connectivity index (χ0v) is 30.3. The van der Waals surface area contributed by atoms with Crippen LogP contribution in [0.4, 0.5) is 4.39 Å². The topological polar surface area (TPSA) is 139 Å². The maximum atomic E-state index is 14.8. The molecule has 0 bridgehead atoms. The van der Waals surface area contributed by atoms with Crippen LogP contribution in [0.1, 0.15) is 75.3 Å². The summed E-state index contributed by atoms with van der Waals surface area (Å²) in [5.41, 5.74) is 1.26. The van der Waals surface area contributed by atoms with Crippen LogP contribution < -0.4 is 9.44 Å². The number of carbonyl (C=O) groups is 2. The van der Waals surface area contributed by atoms with Crippen LogP contribution in [0, 0.1) is 5.82 Å². The molecule has 0 unspecified atom stereocenters. The van der Waals surface area contributed by atoms with E-state index in [2.05, 4.69) is 4.72 Å². The smallest absolute Gasteiger partial charge is 0.253 e. The van der Waals surface area contributed by atoms with Crippen molar-refractivity contribution in [3.05, 3.63) is 105 Å². The van der Waals surface area contributed by atoms with Gasteiger partial charge in [0.1, 0.15) is 22.8 Å². The third kappa shape index (κ3) is 7.82. The number of hydrogen-bond donors (Lipinski definition) is 2. The van der Waals surface area contributed by atoms with Crippen molar-refractivity contribution in [3.8, 4) is 0 Å². The van der Waals surface area contributed by atoms with Gasteiger partial charge in [0, 0.05) is 28.2 Å². The molecule has 5 rings (SSSR count). The molecule has 1 saturated heterocycles. The van der Waals surface area contributed by atoms with Gasteiger partial charge in [-0.3, -0.25) is 14.3 Å². The second-order valence-electron chi connectivity index (χ2n) is 12.6. The Morgan fingerprint density at radius 3 is 2.24 bits per heavy atom. The Hall–Kier alpha value is -3.07. The van der Waals surface area contributed by atoms with E-state index >= 15 is 0 Å². The number of amides is 2. The van der Waals surface area contributed by atoms with Crippen LogP contribution in [0.2, 0.25) is 10.0 Å². The normalized spacial score (nSPS) is 21.4. The number of nitrogens with one attached hydrogen (secondary N) is 2. The van der Waals surface area contributed by atoms with E-state index in [0.29, 0.717) is 21.2 Å². The van der Waals surface area contributed by atoms with Crippen LogP contribution in [0.5, 0.6) is 0 Å². The zero-order chi connectivity index (χ0) is 35.7. The standard InChI is InChI=1S/C34H38Cl2FN3O7S2/c1-4-26(20-38-49(45,46)34(16-17-34)27-10-5-6-11-28(27)37)40-31(22-12-14-24(35)15-13-22)32(23-8-7-9-25(36)18-23)47-29(33(40)42)19-30(41)39-48(43,44)21(2)3/h5-15,18,21,26,29,31-32,38H,4,16-17,19-20H2,1-3H3,(H,39,41)/t26-,29+,31+,32+/m0/s1. The van der Waals surface area contributed by atoms with E-state index < -0.39 is 78.4 Å². The first-order valence-corrected chi connectivity index (χ1v) is 19.7. The summed E-state index contributed by atoms with van der Waals surface area (Å²) in [6.07, 6.45) is -2.24. The molecule has 49 heavy (non-hydrogen) atoms. The summed E-state index contributed by atoms with van der Waals surface area (Å²) in [7, 11) is -8.13. The Labute approximate surface area is 296 Å². The van der Waals surface area contributed by atoms with Gasteiger partial charge in [0.25, 0.3) is 5.91 Å². The van der Waals surface area contributed by atoms with Crippen molar-refractivity contribution in [3.63, 3.8) is 0 Å². The minimum absolute atomic E-state index is 0.0838. The molecule has 0 spiro atoms. The van der Waals surface area contributed by atoms with Gasteiger partial charge in [-0.05, 0) is 74.6 Å². The molecule has 264 valence electrons. The number of morpholine rings is 1. The van der Waals surface area contributed by atoms with E-state index in [1.165, 1.54) is 36.9 Å². The number of ether oxygens (including phenoxy) is 1. The Morgan fingerprint density at radius 2 is 1.65 bits per heavy atom. The van der Waals surface area contributed by atoms with Gasteiger partial charge in [-0.1, -0.05) is 72.6 Å². The molecule has 10 nitrogen and oxygen atoms in total. The minimum atomic E-state index is -4.13. The summed E-state index contributed by atoms with van der Waals surface area (Å²) in [5, 5.41) is -0.0679. The first-order chi connectivity index (χ1) is 23.1. The summed E-state index contributed by atoms with van der Waals surface area (Å²) in [6, 6.07) is 17.7. The molecular formula is C34H38Cl2FN3O7S2. The molecule has 2 aliphatic rings. The van der Waals surface area contributed by atoms with Gasteiger partial charge in [-0.2, -0.15) is 0 Å². The van der Waals surface area contributed by atoms with E-state index in [1.807, 2.05) is 4.72 Å². The third-order valence-corrected chi connectivity index (χ3v) is 13.5. The Kier molecular flexibility index (Phi) is 11.1. The molecule has 3 aromatic rings. The largest absolute Gasteiger partial charge is 0.357 e. The van der Waals surface area contributed by atoms with Crippen molar-refractivity contribution in [2.75, 3.05) is 6.54 Å². The fourth-order valence-electron chi connectivity index (χ4n) is 6.14. The SMILES string of the molecule is CC[C@@H](CNS(=O)(=O)C1(c2ccccc2F)CC1)N1C(=O)[C@@H](CC(=O)NS(=O)(=O)C(C)C)O[C@H](c2cccc(Cl)c2)[C@H]1c1ccc(Cl)cc1. The second kappa shape index (κ2) is 14.7. The molecule has 15 heteroatoms. The maximum Gasteiger partial charge on any atom is 0.253 e. The van der Waals surface area contributed by atoms with Crippen LogP contribution in [-0.4, -0.2) is 57.5 Å². The average molecular weight is 755 g/mol. The van der Waals surface area contributed by atoms with Gasteiger partial charge in [0.05, 0.1) is 17.7 Å². The minimum Gasteiger partial charge on any atom is -0.357 e. The molecule has 0 aromatic heterocycles. The summed E-state index contributed by atoms with van der Waals surface area (Å²) in [5.74, 6) is -2.19. The molecule has 0 radical (unpaired) electrons. The highest BCUT2D eigenvalue weighted by Gasteiger charge is 2.57. The Morgan fingerprint density at radius 1 is 0.980 bits per heavy atom. The lowest BCUT2D eigenvalue weighted by atomic mass is 9.89. The predicted octanol–water partition coefficient (Wildman–Crippen LogP) is 5.77. The summed E-state index contributed by atoms with van der Waals surface area (Å²) < 4.78 is 77.0. The second-order valence-corrected chi connectivity index (χ2v) is 17.7. The Bertz CT molecular complexity index is 1920. The quantitative estimate of drug-likeness (QED) is 0.226. The van der Waals surface area contributed by atoms with Crippen molar-refractivity contribution in [1.82, 2.24) is 14.3 Å². The van der Waals surface area contributed by atoms with Crippen molar-refractivity contribution < 1.29 is 35.6 Å². The van der Waals surface area contributed by atoms with Crippen LogP contribution in [0.15, 0.2) is 72.8 Å². The number of sulfonamides is 2. The highest BCUT2D eigenvalue weighted by molar-refractivity contribution is 7.91. The third-order valence-electron chi connectivity index (χ3n) is 9.02. The molecule has 1 aliphatic heterocycles. The van der Waals surface area contributed by atoms with Crippen molar-refractivity contribution in [1.29, 1.82) is 0 Å². The van der Waals surface area contributed by atoms with Crippen LogP contribution in [-0.2, 0) is 39.1 Å². The lowest BCUT2D eigenvalue weighted by Crippen LogP contribution is -2.58. The fourth-order valence-corrected chi connectivity index (χ4v) is 8.88. The molecule has 3 aromatic carbocycles. The van der Waals surface area contributed by atoms with Crippen LogP contribution in [0.25, 0.3) is 0 Å². The van der Waals surface area contributed by atoms with Gasteiger partial charge in [-0.25, -0.2) is 25.9 Å². The predicted molar refractivity (Wildman–Crippen MR) is 185 cm³/mol. The maximum absolute atomic E-state index is 14.8. The van der Waals surface area contributed by atoms with Crippen molar-refractivity contribution in [2.24, 2.45) is 0 Å². The van der Waals surface area contributed by atoms with E-state index in [0.717, 1.165) is 0 Å². The number of rotatable bonds is 13. The number of halogens is 3. The lowest BCUT2D eigenvalue weighted by molar-refractivity contribution is -0.181. The highest BCUT2D eigenvalue weighted by Crippen LogP contribution is 2.53. The molecule has 1 saturated carbocycles. The summed E-state index contributed by atoms with van der Waals surface area (Å²) in [4.78, 5) is 29.0. The van der Waals surface area contributed by atoms with Crippen molar-refractivity contribution >= 4 is 55.1 Å². The Balaban J connectivity index is 1.54. The highest BCUT2D eigenvalue weighted by atomic mass is 35.5. The van der Waals surface area contributed by atoms with E-state index in [4.69, 9.17) is 27.9 Å². The number of nitrogens with zero attached hydrogens (tertiary/aromatic N) is 1. The van der Waals surface area contributed by atoms with E-state index in [9.17, 15) is 30.8 Å². The van der Waals surface area contributed by atoms with Crippen molar-refractivity contribution in [2.45, 2.75) is 80.7 Å². The fraction of sp³-hybridized carbons (Fsp3) is 0.412. The number of hydrogen-bond acceptors (Lipinski definition) is 7. The molecule has 2 amide bonds. The number of carbonyl (C=O) groups excluding carboxylic acids is 2. The van der Waals surface area contributed by atoms with E-state index in [1.54, 1.807) is 61.5 Å². The molecular weight excluding hydrogens is 716 g/mol. The first kappa shape index (κ1) is 37.2. The molecule has 2 fully saturated rings. The summed E-state index contributed by atoms with van der Waals surface area (Å²) >= 11 is 12.6. The lowest BCUT2D eigenvalue weighted by Gasteiger charge is -2.48. The molecule has 4 atom stereocenters. The summed E-state index contributed by atoms with van der Waals surface area (Å²) in [6.45, 7) is 4.39. The van der Waals surface area contributed by atoms with Gasteiger partial charge in [-0.15, -0.1) is 0 Å². The zero-order valence-electron chi connectivity index (χ0n) is 27.1. The monoisotopic (exact) mass is 753 g/mol. The molecule has 1 heterocycles. The van der Waals surface area contributed by atoms with Gasteiger partial charge >= 0.3 is 0 Å². The van der Waals surface area contributed by atoms with Gasteiger partial charge < -0.3 is 9.64 Å². The van der Waals surface area contributed by atoms with Crippen LogP contribution in [0.3, 0.4) is 0 Å². The first-order valence-electron chi connectivity index (χ1n) is 15.9. The molecule has 1 aliphatic carbocycles.